The number of benzene rings is 1. The van der Waals surface area contributed by atoms with Gasteiger partial charge in [0.05, 0.1) is 19.8 Å². The van der Waals surface area contributed by atoms with E-state index in [1.54, 1.807) is 14.2 Å². The largest absolute Gasteiger partial charge is 0.497 e. The van der Waals surface area contributed by atoms with E-state index in [4.69, 9.17) is 19.4 Å². The number of nitrogens with one attached hydrogen (secondary N) is 1. The average molecular weight is 446 g/mol. The zero-order valence-electron chi connectivity index (χ0n) is 17.9. The highest BCUT2D eigenvalue weighted by atomic mass is 19.4. The Morgan fingerprint density at radius 3 is 2.23 bits per heavy atom. The molecule has 2 aliphatic heterocycles. The van der Waals surface area contributed by atoms with Crippen molar-refractivity contribution in [2.75, 3.05) is 20.8 Å². The number of carbonyl (C=O) groups excluding carboxylic acids is 1. The smallest absolute Gasteiger partial charge is 0.490 e. The number of hydrogen-bond donors (Lipinski definition) is 2. The molecule has 174 valence electrons. The molecule has 2 saturated heterocycles. The SMILES string of the molecule is CC[C@H]1N(Cc2cc(OC)cc(OC)c2)CCC[C@]12CCC(=O)N2.O=C(O)C(F)(F)F. The van der Waals surface area contributed by atoms with Gasteiger partial charge in [-0.05, 0) is 49.9 Å². The number of piperidine rings is 1. The summed E-state index contributed by atoms with van der Waals surface area (Å²) >= 11 is 0. The van der Waals surface area contributed by atoms with Crippen molar-refractivity contribution in [2.24, 2.45) is 0 Å². The van der Waals surface area contributed by atoms with E-state index >= 15 is 0 Å². The van der Waals surface area contributed by atoms with Crippen molar-refractivity contribution in [2.45, 2.75) is 63.3 Å². The molecular weight excluding hydrogens is 417 g/mol. The van der Waals surface area contributed by atoms with Crippen molar-refractivity contribution in [3.8, 4) is 11.5 Å². The highest BCUT2D eigenvalue weighted by Gasteiger charge is 2.47. The minimum absolute atomic E-state index is 0.0347. The van der Waals surface area contributed by atoms with Crippen LogP contribution in [0.1, 0.15) is 44.6 Å². The van der Waals surface area contributed by atoms with Gasteiger partial charge >= 0.3 is 12.1 Å². The lowest BCUT2D eigenvalue weighted by Crippen LogP contribution is -2.61. The first-order valence-corrected chi connectivity index (χ1v) is 10.1. The Kier molecular flexibility index (Phi) is 8.16. The zero-order valence-corrected chi connectivity index (χ0v) is 17.9. The fraction of sp³-hybridized carbons (Fsp3) is 0.619. The topological polar surface area (TPSA) is 88.1 Å². The predicted molar refractivity (Wildman–Crippen MR) is 107 cm³/mol. The number of ether oxygens (including phenoxy) is 2. The van der Waals surface area contributed by atoms with Crippen LogP contribution in [0.3, 0.4) is 0 Å². The molecule has 0 radical (unpaired) electrons. The minimum atomic E-state index is -5.08. The fourth-order valence-corrected chi connectivity index (χ4v) is 4.48. The summed E-state index contributed by atoms with van der Waals surface area (Å²) in [6.07, 6.45) is -0.200. The molecule has 2 aliphatic rings. The van der Waals surface area contributed by atoms with E-state index in [9.17, 15) is 18.0 Å². The van der Waals surface area contributed by atoms with Crippen LogP contribution in [0.15, 0.2) is 18.2 Å². The number of amides is 1. The second kappa shape index (κ2) is 10.2. The maximum absolute atomic E-state index is 11.8. The third-order valence-corrected chi connectivity index (χ3v) is 5.76. The maximum Gasteiger partial charge on any atom is 0.490 e. The molecule has 1 spiro atoms. The van der Waals surface area contributed by atoms with Crippen LogP contribution in [0.5, 0.6) is 11.5 Å². The molecule has 2 fully saturated rings. The number of carboxylic acid groups (broad SMARTS) is 1. The second-order valence-electron chi connectivity index (χ2n) is 7.73. The van der Waals surface area contributed by atoms with Crippen LogP contribution in [0, 0.1) is 0 Å². The van der Waals surface area contributed by atoms with E-state index in [0.717, 1.165) is 50.3 Å². The lowest BCUT2D eigenvalue weighted by Gasteiger charge is -2.48. The van der Waals surface area contributed by atoms with Gasteiger partial charge in [-0.15, -0.1) is 0 Å². The van der Waals surface area contributed by atoms with Gasteiger partial charge in [-0.1, -0.05) is 6.92 Å². The van der Waals surface area contributed by atoms with Crippen LogP contribution >= 0.6 is 0 Å². The van der Waals surface area contributed by atoms with Gasteiger partial charge in [0, 0.05) is 25.1 Å². The van der Waals surface area contributed by atoms with Crippen LogP contribution in [-0.4, -0.2) is 60.4 Å². The summed E-state index contributed by atoms with van der Waals surface area (Å²) in [7, 11) is 3.36. The number of carbonyl (C=O) groups is 2. The van der Waals surface area contributed by atoms with Crippen molar-refractivity contribution in [1.29, 1.82) is 0 Å². The van der Waals surface area contributed by atoms with Crippen LogP contribution < -0.4 is 14.8 Å². The van der Waals surface area contributed by atoms with Gasteiger partial charge in [0.2, 0.25) is 5.91 Å². The number of alkyl halides is 3. The number of aliphatic carboxylic acids is 1. The number of carboxylic acids is 1. The quantitative estimate of drug-likeness (QED) is 0.721. The van der Waals surface area contributed by atoms with Gasteiger partial charge < -0.3 is 19.9 Å². The van der Waals surface area contributed by atoms with Crippen molar-refractivity contribution < 1.29 is 37.3 Å². The van der Waals surface area contributed by atoms with Gasteiger partial charge in [-0.25, -0.2) is 4.79 Å². The van der Waals surface area contributed by atoms with Crippen LogP contribution in [0.4, 0.5) is 13.2 Å². The summed E-state index contributed by atoms with van der Waals surface area (Å²) in [5.74, 6) is -0.914. The van der Waals surface area contributed by atoms with E-state index < -0.39 is 12.1 Å². The van der Waals surface area contributed by atoms with Gasteiger partial charge in [-0.2, -0.15) is 13.2 Å². The molecule has 0 saturated carbocycles. The molecule has 1 amide bonds. The van der Waals surface area contributed by atoms with Crippen molar-refractivity contribution in [1.82, 2.24) is 10.2 Å². The third-order valence-electron chi connectivity index (χ3n) is 5.76. The molecule has 10 heteroatoms. The normalized spacial score (nSPS) is 23.7. The molecule has 1 aromatic rings. The number of likely N-dealkylation sites (tertiary alicyclic amines) is 1. The summed E-state index contributed by atoms with van der Waals surface area (Å²) in [6, 6.07) is 6.43. The lowest BCUT2D eigenvalue weighted by atomic mass is 9.78. The first kappa shape index (κ1) is 24.8. The summed E-state index contributed by atoms with van der Waals surface area (Å²) in [4.78, 5) is 23.3. The van der Waals surface area contributed by atoms with Gasteiger partial charge in [0.1, 0.15) is 11.5 Å². The Morgan fingerprint density at radius 1 is 1.23 bits per heavy atom. The zero-order chi connectivity index (χ0) is 23.2. The first-order chi connectivity index (χ1) is 14.5. The molecule has 0 unspecified atom stereocenters. The number of halogens is 3. The van der Waals surface area contributed by atoms with Gasteiger partial charge in [0.15, 0.2) is 0 Å². The molecule has 31 heavy (non-hydrogen) atoms. The van der Waals surface area contributed by atoms with Gasteiger partial charge in [-0.3, -0.25) is 9.69 Å². The molecule has 0 bridgehead atoms. The molecule has 7 nitrogen and oxygen atoms in total. The molecule has 2 heterocycles. The summed E-state index contributed by atoms with van der Waals surface area (Å²) in [6.45, 7) is 4.14. The average Bonchev–Trinajstić information content (AvgIpc) is 3.08. The molecule has 0 aliphatic carbocycles. The Bertz CT molecular complexity index is 765. The maximum atomic E-state index is 11.8. The number of nitrogens with zero attached hydrogens (tertiary/aromatic N) is 1. The summed E-state index contributed by atoms with van der Waals surface area (Å²) in [5.41, 5.74) is 1.15. The fourth-order valence-electron chi connectivity index (χ4n) is 4.48. The second-order valence-corrected chi connectivity index (χ2v) is 7.73. The van der Waals surface area contributed by atoms with E-state index in [1.165, 1.54) is 5.56 Å². The standard InChI is InChI=1S/C19H28N2O3.C2HF3O2/c1-4-17-19(8-6-18(22)20-19)7-5-9-21(17)13-14-10-15(23-2)12-16(11-14)24-3;3-2(4,5)1(6)7/h10-12,17H,4-9,13H2,1-3H3,(H,20,22);(H,6,7)/t17-,19+;/m1./s1. The highest BCUT2D eigenvalue weighted by Crippen LogP contribution is 2.38. The molecule has 2 N–H and O–H groups in total. The Balaban J connectivity index is 0.000000423. The Labute approximate surface area is 179 Å². The third kappa shape index (κ3) is 6.25. The Morgan fingerprint density at radius 2 is 1.81 bits per heavy atom. The van der Waals surface area contributed by atoms with Gasteiger partial charge in [0.25, 0.3) is 0 Å². The van der Waals surface area contributed by atoms with Crippen LogP contribution in [0.25, 0.3) is 0 Å². The van der Waals surface area contributed by atoms with Crippen molar-refractivity contribution >= 4 is 11.9 Å². The number of rotatable bonds is 5. The first-order valence-electron chi connectivity index (χ1n) is 10.1. The summed E-state index contributed by atoms with van der Waals surface area (Å²) in [5, 5.41) is 10.4. The highest BCUT2D eigenvalue weighted by molar-refractivity contribution is 5.79. The molecular formula is C21H29F3N2O5. The van der Waals surface area contributed by atoms with E-state index in [-0.39, 0.29) is 11.4 Å². The molecule has 2 atom stereocenters. The van der Waals surface area contributed by atoms with Crippen LogP contribution in [0.2, 0.25) is 0 Å². The van der Waals surface area contributed by atoms with Crippen molar-refractivity contribution in [3.05, 3.63) is 23.8 Å². The summed E-state index contributed by atoms with van der Waals surface area (Å²) < 4.78 is 42.5. The molecule has 0 aromatic heterocycles. The van der Waals surface area contributed by atoms with E-state index in [2.05, 4.69) is 29.3 Å². The lowest BCUT2D eigenvalue weighted by molar-refractivity contribution is -0.192. The van der Waals surface area contributed by atoms with E-state index in [1.807, 2.05) is 6.07 Å². The Hall–Kier alpha value is -2.49. The molecule has 3 rings (SSSR count). The van der Waals surface area contributed by atoms with E-state index in [0.29, 0.717) is 12.5 Å². The minimum Gasteiger partial charge on any atom is -0.497 e. The van der Waals surface area contributed by atoms with Crippen LogP contribution in [-0.2, 0) is 16.1 Å². The van der Waals surface area contributed by atoms with Crippen molar-refractivity contribution in [3.63, 3.8) is 0 Å². The number of methoxy groups -OCH3 is 2. The predicted octanol–water partition coefficient (Wildman–Crippen LogP) is 3.36. The number of hydrogen-bond acceptors (Lipinski definition) is 5. The molecule has 1 aromatic carbocycles. The monoisotopic (exact) mass is 446 g/mol.